The predicted octanol–water partition coefficient (Wildman–Crippen LogP) is 6.26. The highest BCUT2D eigenvalue weighted by atomic mass is 19.1. The number of benzene rings is 3. The highest BCUT2D eigenvalue weighted by Crippen LogP contribution is 2.49. The Morgan fingerprint density at radius 2 is 1.86 bits per heavy atom. The fourth-order valence-electron chi connectivity index (χ4n) is 5.37. The summed E-state index contributed by atoms with van der Waals surface area (Å²) < 4.78 is 22.6. The molecule has 1 amide bonds. The van der Waals surface area contributed by atoms with E-state index in [9.17, 15) is 9.18 Å². The lowest BCUT2D eigenvalue weighted by atomic mass is 9.69. The molecule has 0 atom stereocenters. The maximum Gasteiger partial charge on any atom is 0.237 e. The number of halogens is 1. The second-order valence-corrected chi connectivity index (χ2v) is 10.0. The molecule has 186 valence electrons. The normalized spacial score (nSPS) is 17.3. The van der Waals surface area contributed by atoms with Gasteiger partial charge in [0.1, 0.15) is 18.2 Å². The zero-order valence-corrected chi connectivity index (χ0v) is 20.9. The van der Waals surface area contributed by atoms with Crippen LogP contribution in [0, 0.1) is 18.7 Å². The number of carbonyl (C=O) groups is 1. The summed E-state index contributed by atoms with van der Waals surface area (Å²) in [5.74, 6) is 6.24. The monoisotopic (exact) mass is 485 g/mol. The van der Waals surface area contributed by atoms with E-state index >= 15 is 0 Å². The topological polar surface area (TPSA) is 69.3 Å². The number of hydrazine groups is 1. The number of aryl methyl sites for hydroxylation is 1. The fourth-order valence-corrected chi connectivity index (χ4v) is 5.37. The van der Waals surface area contributed by atoms with Crippen molar-refractivity contribution in [1.82, 2.24) is 9.99 Å². The van der Waals surface area contributed by atoms with Crippen molar-refractivity contribution in [2.45, 2.75) is 52.1 Å². The van der Waals surface area contributed by atoms with Crippen molar-refractivity contribution < 1.29 is 13.9 Å². The number of nitrogens with one attached hydrogen (secondary N) is 1. The molecule has 3 N–H and O–H groups in total. The Morgan fingerprint density at radius 3 is 2.53 bits per heavy atom. The zero-order chi connectivity index (χ0) is 25.4. The first-order valence-electron chi connectivity index (χ1n) is 12.5. The Hall–Kier alpha value is -3.64. The van der Waals surface area contributed by atoms with Gasteiger partial charge in [0.2, 0.25) is 5.91 Å². The van der Waals surface area contributed by atoms with Gasteiger partial charge in [-0.1, -0.05) is 44.2 Å². The van der Waals surface area contributed by atoms with Gasteiger partial charge >= 0.3 is 0 Å². The Kier molecular flexibility index (Phi) is 6.54. The number of rotatable bonds is 7. The summed E-state index contributed by atoms with van der Waals surface area (Å²) in [6.07, 6.45) is 1.50. The van der Waals surface area contributed by atoms with Crippen LogP contribution in [-0.2, 0) is 11.4 Å². The number of hydrogen-bond donors (Lipinski definition) is 2. The lowest BCUT2D eigenvalue weighted by Gasteiger charge is -2.35. The second-order valence-electron chi connectivity index (χ2n) is 10.0. The van der Waals surface area contributed by atoms with E-state index in [-0.39, 0.29) is 29.5 Å². The number of aromatic nitrogens is 1. The number of amides is 1. The van der Waals surface area contributed by atoms with E-state index in [4.69, 9.17) is 10.6 Å². The molecule has 1 aliphatic carbocycles. The first-order valence-corrected chi connectivity index (χ1v) is 12.5. The molecule has 6 heteroatoms. The third kappa shape index (κ3) is 4.37. The molecule has 1 aliphatic rings. The van der Waals surface area contributed by atoms with E-state index in [1.165, 1.54) is 17.3 Å². The standard InChI is InChI=1S/C30H32FN3O2/c1-18(2)29-28(21-14-22(15-21)30(35)33-32)25-16-24(36-17-20-7-5-4-6-8-20)10-12-27(25)34(29)23-9-11-26(31)19(3)13-23/h4-13,16,18,21-22H,14-15,17,32H2,1-3H3,(H,33,35). The van der Waals surface area contributed by atoms with Crippen LogP contribution in [0.2, 0.25) is 0 Å². The molecule has 0 aliphatic heterocycles. The van der Waals surface area contributed by atoms with Crippen LogP contribution in [0.15, 0.2) is 66.7 Å². The van der Waals surface area contributed by atoms with Crippen LogP contribution < -0.4 is 16.0 Å². The van der Waals surface area contributed by atoms with Crippen molar-refractivity contribution in [2.75, 3.05) is 0 Å². The lowest BCUT2D eigenvalue weighted by Crippen LogP contribution is -2.41. The molecular weight excluding hydrogens is 453 g/mol. The molecule has 5 nitrogen and oxygen atoms in total. The average molecular weight is 486 g/mol. The first-order chi connectivity index (χ1) is 17.4. The molecule has 3 aromatic carbocycles. The maximum atomic E-state index is 14.1. The number of nitrogens with two attached hydrogens (primary N) is 1. The van der Waals surface area contributed by atoms with Crippen molar-refractivity contribution in [3.05, 3.63) is 94.9 Å². The predicted molar refractivity (Wildman–Crippen MR) is 141 cm³/mol. The number of fused-ring (bicyclic) bond motifs is 1. The van der Waals surface area contributed by atoms with Gasteiger partial charge in [-0.15, -0.1) is 0 Å². The van der Waals surface area contributed by atoms with Gasteiger partial charge in [-0.05, 0) is 84.7 Å². The molecule has 5 rings (SSSR count). The van der Waals surface area contributed by atoms with Crippen LogP contribution >= 0.6 is 0 Å². The van der Waals surface area contributed by atoms with Crippen molar-refractivity contribution >= 4 is 16.8 Å². The SMILES string of the molecule is Cc1cc(-n2c(C(C)C)c(C3CC(C(=O)NN)C3)c3cc(OCc4ccccc4)ccc32)ccc1F. The molecule has 0 saturated heterocycles. The summed E-state index contributed by atoms with van der Waals surface area (Å²) in [6.45, 7) is 6.64. The van der Waals surface area contributed by atoms with Gasteiger partial charge in [0.25, 0.3) is 0 Å². The van der Waals surface area contributed by atoms with Crippen molar-refractivity contribution in [3.63, 3.8) is 0 Å². The van der Waals surface area contributed by atoms with Gasteiger partial charge in [-0.2, -0.15) is 0 Å². The number of nitrogens with zero attached hydrogens (tertiary/aromatic N) is 1. The molecule has 0 spiro atoms. The summed E-state index contributed by atoms with van der Waals surface area (Å²) in [5.41, 5.74) is 8.43. The molecule has 1 fully saturated rings. The van der Waals surface area contributed by atoms with Crippen LogP contribution in [0.25, 0.3) is 16.6 Å². The van der Waals surface area contributed by atoms with Crippen molar-refractivity contribution in [3.8, 4) is 11.4 Å². The van der Waals surface area contributed by atoms with Gasteiger partial charge in [0.15, 0.2) is 0 Å². The van der Waals surface area contributed by atoms with Crippen LogP contribution in [0.3, 0.4) is 0 Å². The van der Waals surface area contributed by atoms with Crippen LogP contribution in [-0.4, -0.2) is 10.5 Å². The molecule has 1 heterocycles. The molecule has 36 heavy (non-hydrogen) atoms. The Labute approximate surface area is 211 Å². The highest BCUT2D eigenvalue weighted by molar-refractivity contribution is 5.90. The molecule has 4 aromatic rings. The van der Waals surface area contributed by atoms with Crippen LogP contribution in [0.1, 0.15) is 60.9 Å². The first kappa shape index (κ1) is 24.1. The van der Waals surface area contributed by atoms with E-state index in [2.05, 4.69) is 36.0 Å². The second kappa shape index (κ2) is 9.78. The average Bonchev–Trinajstić information content (AvgIpc) is 3.18. The summed E-state index contributed by atoms with van der Waals surface area (Å²) in [5, 5.41) is 1.11. The largest absolute Gasteiger partial charge is 0.489 e. The van der Waals surface area contributed by atoms with Gasteiger partial charge in [0.05, 0.1) is 5.52 Å². The molecule has 1 saturated carbocycles. The Bertz CT molecular complexity index is 1400. The summed E-state index contributed by atoms with van der Waals surface area (Å²) in [4.78, 5) is 12.1. The molecule has 0 unspecified atom stereocenters. The van der Waals surface area contributed by atoms with Crippen molar-refractivity contribution in [2.24, 2.45) is 11.8 Å². The fraction of sp³-hybridized carbons (Fsp3) is 0.300. The molecule has 0 bridgehead atoms. The van der Waals surface area contributed by atoms with Gasteiger partial charge < -0.3 is 9.30 Å². The van der Waals surface area contributed by atoms with Crippen molar-refractivity contribution in [1.29, 1.82) is 0 Å². The molecule has 1 aromatic heterocycles. The minimum Gasteiger partial charge on any atom is -0.489 e. The summed E-state index contributed by atoms with van der Waals surface area (Å²) in [7, 11) is 0. The van der Waals surface area contributed by atoms with E-state index < -0.39 is 0 Å². The van der Waals surface area contributed by atoms with Crippen LogP contribution in [0.4, 0.5) is 4.39 Å². The summed E-state index contributed by atoms with van der Waals surface area (Å²) in [6, 6.07) is 21.6. The minimum atomic E-state index is -0.215. The van der Waals surface area contributed by atoms with Gasteiger partial charge in [0, 0.05) is 22.7 Å². The number of ether oxygens (including phenoxy) is 1. The molecule has 0 radical (unpaired) electrons. The maximum absolute atomic E-state index is 14.1. The van der Waals surface area contributed by atoms with E-state index in [1.54, 1.807) is 6.92 Å². The van der Waals surface area contributed by atoms with Gasteiger partial charge in [-0.25, -0.2) is 10.2 Å². The highest BCUT2D eigenvalue weighted by Gasteiger charge is 2.39. The summed E-state index contributed by atoms with van der Waals surface area (Å²) >= 11 is 0. The third-order valence-corrected chi connectivity index (χ3v) is 7.27. The smallest absolute Gasteiger partial charge is 0.237 e. The Balaban J connectivity index is 1.63. The van der Waals surface area contributed by atoms with E-state index in [1.807, 2.05) is 48.5 Å². The minimum absolute atomic E-state index is 0.0796. The zero-order valence-electron chi connectivity index (χ0n) is 20.9. The molecular formula is C30H32FN3O2. The Morgan fingerprint density at radius 1 is 1.11 bits per heavy atom. The number of carbonyl (C=O) groups excluding carboxylic acids is 1. The quantitative estimate of drug-likeness (QED) is 0.184. The third-order valence-electron chi connectivity index (χ3n) is 7.27. The van der Waals surface area contributed by atoms with E-state index in [0.29, 0.717) is 12.2 Å². The van der Waals surface area contributed by atoms with Gasteiger partial charge in [-0.3, -0.25) is 10.2 Å². The number of hydrogen-bond acceptors (Lipinski definition) is 3. The van der Waals surface area contributed by atoms with Crippen LogP contribution in [0.5, 0.6) is 5.75 Å². The van der Waals surface area contributed by atoms with E-state index in [0.717, 1.165) is 40.7 Å². The lowest BCUT2D eigenvalue weighted by molar-refractivity contribution is -0.128.